The van der Waals surface area contributed by atoms with Crippen LogP contribution < -0.4 is 10.1 Å². The first-order chi connectivity index (χ1) is 12.6. The SMILES string of the molecule is Cc1nccn1CC1(CNC(=O)N2CC[C@H](Oc3ccccc3)C2)CC1. The molecule has 1 atom stereocenters. The number of carbonyl (C=O) groups is 1. The number of hydrogen-bond donors (Lipinski definition) is 1. The Kier molecular flexibility index (Phi) is 4.57. The van der Waals surface area contributed by atoms with Crippen molar-refractivity contribution in [1.82, 2.24) is 19.8 Å². The number of hydrogen-bond acceptors (Lipinski definition) is 3. The van der Waals surface area contributed by atoms with Gasteiger partial charge >= 0.3 is 6.03 Å². The Balaban J connectivity index is 1.25. The summed E-state index contributed by atoms with van der Waals surface area (Å²) in [4.78, 5) is 18.7. The smallest absolute Gasteiger partial charge is 0.317 e. The fourth-order valence-electron chi connectivity index (χ4n) is 3.58. The lowest BCUT2D eigenvalue weighted by molar-refractivity contribution is 0.185. The van der Waals surface area contributed by atoms with Gasteiger partial charge in [0.05, 0.1) is 6.54 Å². The van der Waals surface area contributed by atoms with Gasteiger partial charge in [0.15, 0.2) is 0 Å². The predicted octanol–water partition coefficient (Wildman–Crippen LogP) is 2.83. The number of amides is 2. The van der Waals surface area contributed by atoms with Crippen molar-refractivity contribution in [2.75, 3.05) is 19.6 Å². The molecule has 1 aromatic heterocycles. The maximum absolute atomic E-state index is 12.5. The standard InChI is InChI=1S/C20H26N4O2/c1-16-21-10-12-24(16)15-20(8-9-20)14-22-19(25)23-11-7-18(13-23)26-17-5-3-2-4-6-17/h2-6,10,12,18H,7-9,11,13-15H2,1H3,(H,22,25)/t18-/m0/s1. The number of ether oxygens (including phenoxy) is 1. The summed E-state index contributed by atoms with van der Waals surface area (Å²) in [7, 11) is 0. The van der Waals surface area contributed by atoms with Crippen molar-refractivity contribution in [1.29, 1.82) is 0 Å². The Morgan fingerprint density at radius 1 is 1.35 bits per heavy atom. The molecule has 0 spiro atoms. The van der Waals surface area contributed by atoms with E-state index >= 15 is 0 Å². The van der Waals surface area contributed by atoms with Crippen LogP contribution in [0.3, 0.4) is 0 Å². The lowest BCUT2D eigenvalue weighted by Gasteiger charge is -2.21. The van der Waals surface area contributed by atoms with Gasteiger partial charge in [0.2, 0.25) is 0 Å². The highest BCUT2D eigenvalue weighted by Crippen LogP contribution is 2.46. The number of aromatic nitrogens is 2. The average Bonchev–Trinajstić information content (AvgIpc) is 3.04. The number of carbonyl (C=O) groups excluding carboxylic acids is 1. The van der Waals surface area contributed by atoms with E-state index in [1.165, 1.54) is 0 Å². The van der Waals surface area contributed by atoms with Crippen LogP contribution in [-0.2, 0) is 6.54 Å². The highest BCUT2D eigenvalue weighted by atomic mass is 16.5. The number of benzene rings is 1. The van der Waals surface area contributed by atoms with E-state index in [0.29, 0.717) is 6.54 Å². The molecule has 0 bridgehead atoms. The quantitative estimate of drug-likeness (QED) is 0.868. The summed E-state index contributed by atoms with van der Waals surface area (Å²) in [6.07, 6.45) is 7.12. The highest BCUT2D eigenvalue weighted by Gasteiger charge is 2.43. The molecular weight excluding hydrogens is 328 g/mol. The molecule has 1 N–H and O–H groups in total. The van der Waals surface area contributed by atoms with Gasteiger partial charge in [-0.15, -0.1) is 0 Å². The largest absolute Gasteiger partial charge is 0.489 e. The van der Waals surface area contributed by atoms with E-state index < -0.39 is 0 Å². The van der Waals surface area contributed by atoms with Gasteiger partial charge in [-0.25, -0.2) is 9.78 Å². The highest BCUT2D eigenvalue weighted by molar-refractivity contribution is 5.74. The maximum Gasteiger partial charge on any atom is 0.317 e. The summed E-state index contributed by atoms with van der Waals surface area (Å²) >= 11 is 0. The second-order valence-corrected chi connectivity index (χ2v) is 7.55. The van der Waals surface area contributed by atoms with Crippen LogP contribution in [0.2, 0.25) is 0 Å². The summed E-state index contributed by atoms with van der Waals surface area (Å²) in [5, 5.41) is 3.14. The van der Waals surface area contributed by atoms with Crippen LogP contribution in [0.25, 0.3) is 0 Å². The Hall–Kier alpha value is -2.50. The van der Waals surface area contributed by atoms with Crippen LogP contribution in [0, 0.1) is 12.3 Å². The lowest BCUT2D eigenvalue weighted by Crippen LogP contribution is -2.42. The molecule has 2 fully saturated rings. The lowest BCUT2D eigenvalue weighted by atomic mass is 10.1. The number of para-hydroxylation sites is 1. The maximum atomic E-state index is 12.5. The first-order valence-corrected chi connectivity index (χ1v) is 9.36. The predicted molar refractivity (Wildman–Crippen MR) is 99.1 cm³/mol. The topological polar surface area (TPSA) is 59.4 Å². The second kappa shape index (κ2) is 7.02. The number of urea groups is 1. The van der Waals surface area contributed by atoms with E-state index in [1.54, 1.807) is 0 Å². The van der Waals surface area contributed by atoms with Crippen LogP contribution in [0.15, 0.2) is 42.7 Å². The van der Waals surface area contributed by atoms with E-state index in [2.05, 4.69) is 14.9 Å². The molecule has 26 heavy (non-hydrogen) atoms. The molecule has 0 unspecified atom stereocenters. The molecule has 6 heteroatoms. The van der Waals surface area contributed by atoms with Gasteiger partial charge in [0.1, 0.15) is 17.7 Å². The molecule has 1 aliphatic carbocycles. The molecule has 2 aliphatic rings. The minimum absolute atomic E-state index is 0.0257. The molecule has 1 aliphatic heterocycles. The summed E-state index contributed by atoms with van der Waals surface area (Å²) in [5.41, 5.74) is 0.195. The van der Waals surface area contributed by atoms with Gasteiger partial charge in [-0.3, -0.25) is 0 Å². The van der Waals surface area contributed by atoms with Gasteiger partial charge in [0.25, 0.3) is 0 Å². The number of likely N-dealkylation sites (tertiary alicyclic amines) is 1. The van der Waals surface area contributed by atoms with Crippen molar-refractivity contribution >= 4 is 6.03 Å². The molecule has 1 saturated carbocycles. The summed E-state index contributed by atoms with van der Waals surface area (Å²) in [6.45, 7) is 5.07. The van der Waals surface area contributed by atoms with E-state index in [0.717, 1.165) is 50.5 Å². The van der Waals surface area contributed by atoms with E-state index in [4.69, 9.17) is 4.74 Å². The average molecular weight is 354 g/mol. The molecule has 1 saturated heterocycles. The zero-order valence-electron chi connectivity index (χ0n) is 15.2. The van der Waals surface area contributed by atoms with Crippen molar-refractivity contribution in [2.24, 2.45) is 5.41 Å². The second-order valence-electron chi connectivity index (χ2n) is 7.55. The van der Waals surface area contributed by atoms with Crippen LogP contribution >= 0.6 is 0 Å². The fraction of sp³-hybridized carbons (Fsp3) is 0.500. The van der Waals surface area contributed by atoms with Crippen LogP contribution in [0.5, 0.6) is 5.75 Å². The fourth-order valence-corrected chi connectivity index (χ4v) is 3.58. The first kappa shape index (κ1) is 16.9. The molecule has 2 aromatic rings. The normalized spacial score (nSPS) is 20.8. The molecule has 6 nitrogen and oxygen atoms in total. The van der Waals surface area contributed by atoms with E-state index in [1.807, 2.05) is 54.5 Å². The van der Waals surface area contributed by atoms with Gasteiger partial charge in [-0.1, -0.05) is 18.2 Å². The van der Waals surface area contributed by atoms with Gasteiger partial charge in [0, 0.05) is 43.9 Å². The number of rotatable bonds is 6. The number of nitrogens with one attached hydrogen (secondary N) is 1. The summed E-state index contributed by atoms with van der Waals surface area (Å²) in [6, 6.07) is 9.84. The number of imidazole rings is 1. The molecular formula is C20H26N4O2. The van der Waals surface area contributed by atoms with Crippen molar-refractivity contribution in [2.45, 2.75) is 38.8 Å². The minimum atomic E-state index is 0.0257. The number of aryl methyl sites for hydroxylation is 1. The van der Waals surface area contributed by atoms with Crippen molar-refractivity contribution in [3.8, 4) is 5.75 Å². The van der Waals surface area contributed by atoms with Crippen molar-refractivity contribution in [3.05, 3.63) is 48.5 Å². The van der Waals surface area contributed by atoms with Crippen LogP contribution in [0.4, 0.5) is 4.79 Å². The Morgan fingerprint density at radius 3 is 2.85 bits per heavy atom. The van der Waals surface area contributed by atoms with Crippen LogP contribution in [0.1, 0.15) is 25.1 Å². The van der Waals surface area contributed by atoms with E-state index in [-0.39, 0.29) is 17.6 Å². The summed E-state index contributed by atoms with van der Waals surface area (Å²) < 4.78 is 8.14. The van der Waals surface area contributed by atoms with Crippen molar-refractivity contribution < 1.29 is 9.53 Å². The minimum Gasteiger partial charge on any atom is -0.489 e. The van der Waals surface area contributed by atoms with Crippen molar-refractivity contribution in [3.63, 3.8) is 0 Å². The zero-order valence-corrected chi connectivity index (χ0v) is 15.2. The molecule has 4 rings (SSSR count). The molecule has 0 radical (unpaired) electrons. The zero-order chi connectivity index (χ0) is 18.0. The monoisotopic (exact) mass is 354 g/mol. The molecule has 138 valence electrons. The first-order valence-electron chi connectivity index (χ1n) is 9.36. The molecule has 1 aromatic carbocycles. The Bertz CT molecular complexity index is 754. The van der Waals surface area contributed by atoms with Gasteiger partial charge < -0.3 is 19.5 Å². The van der Waals surface area contributed by atoms with Gasteiger partial charge in [-0.05, 0) is 31.9 Å². The van der Waals surface area contributed by atoms with Gasteiger partial charge in [-0.2, -0.15) is 0 Å². The molecule has 2 amide bonds. The third-order valence-electron chi connectivity index (χ3n) is 5.48. The Labute approximate surface area is 154 Å². The van der Waals surface area contributed by atoms with Crippen LogP contribution in [-0.4, -0.2) is 46.2 Å². The van der Waals surface area contributed by atoms with E-state index in [9.17, 15) is 4.79 Å². The third kappa shape index (κ3) is 3.84. The Morgan fingerprint density at radius 2 is 2.15 bits per heavy atom. The third-order valence-corrected chi connectivity index (χ3v) is 5.48. The number of nitrogens with zero attached hydrogens (tertiary/aromatic N) is 3. The summed E-state index contributed by atoms with van der Waals surface area (Å²) in [5.74, 6) is 1.90. The molecule has 2 heterocycles.